The van der Waals surface area contributed by atoms with Gasteiger partial charge in [0.25, 0.3) is 5.91 Å². The van der Waals surface area contributed by atoms with E-state index in [4.69, 9.17) is 10.8 Å². The van der Waals surface area contributed by atoms with Crippen LogP contribution in [-0.4, -0.2) is 49.2 Å². The van der Waals surface area contributed by atoms with Gasteiger partial charge in [-0.1, -0.05) is 25.6 Å². The summed E-state index contributed by atoms with van der Waals surface area (Å²) >= 11 is 1.29. The third-order valence-corrected chi connectivity index (χ3v) is 5.49. The number of likely N-dealkylation sites (tertiary alicyclic amines) is 1. The highest BCUT2D eigenvalue weighted by Crippen LogP contribution is 2.24. The Morgan fingerprint density at radius 1 is 1.46 bits per heavy atom. The van der Waals surface area contributed by atoms with Crippen molar-refractivity contribution in [3.05, 3.63) is 15.8 Å². The molecule has 8 heteroatoms. The number of carbonyl (C=O) groups excluding carboxylic acids is 1. The first-order valence-electron chi connectivity index (χ1n) is 7.87. The fourth-order valence-electron chi connectivity index (χ4n) is 2.41. The van der Waals surface area contributed by atoms with Crippen molar-refractivity contribution in [2.45, 2.75) is 38.5 Å². The molecule has 0 aromatic carbocycles. The van der Waals surface area contributed by atoms with Gasteiger partial charge >= 0.3 is 6.09 Å². The largest absolute Gasteiger partial charge is 0.465 e. The van der Waals surface area contributed by atoms with Gasteiger partial charge in [-0.05, 0) is 18.9 Å². The molecule has 1 atom stereocenters. The smallest absolute Gasteiger partial charge is 0.407 e. The van der Waals surface area contributed by atoms with Crippen LogP contribution < -0.4 is 11.1 Å². The average Bonchev–Trinajstić information content (AvgIpc) is 2.86. The molecule has 1 aliphatic heterocycles. The van der Waals surface area contributed by atoms with E-state index in [0.29, 0.717) is 23.7 Å². The zero-order valence-corrected chi connectivity index (χ0v) is 16.0. The van der Waals surface area contributed by atoms with Gasteiger partial charge in [0.2, 0.25) is 0 Å². The third kappa shape index (κ3) is 5.01. The summed E-state index contributed by atoms with van der Waals surface area (Å²) in [6.07, 6.45) is 0.557. The first kappa shape index (κ1) is 18.4. The number of amides is 2. The van der Waals surface area contributed by atoms with Gasteiger partial charge in [-0.3, -0.25) is 4.79 Å². The fraction of sp³-hybridized carbons (Fsp3) is 0.500. The standard InChI is InChI=1S/C16H23N3O3SSi/c1-24(2,3)8-6-12-9-13(17)14(23-12)15(20)18-11-5-4-7-19(10-11)16(21)22/h9,11H,4-5,7,10,17H2,1-3H3,(H,18,20)(H,21,22)/t11-/m0/s1. The second-order valence-corrected chi connectivity index (χ2v) is 12.7. The SMILES string of the molecule is C[Si](C)(C)C#Cc1cc(N)c(C(=O)N[C@H]2CCCN(C(=O)O)C2)s1. The molecular formula is C16H23N3O3SSi. The minimum absolute atomic E-state index is 0.180. The van der Waals surface area contributed by atoms with E-state index >= 15 is 0 Å². The monoisotopic (exact) mass is 365 g/mol. The van der Waals surface area contributed by atoms with E-state index in [1.165, 1.54) is 16.2 Å². The molecule has 6 nitrogen and oxygen atoms in total. The highest BCUT2D eigenvalue weighted by Gasteiger charge is 2.25. The Hall–Kier alpha value is -1.98. The summed E-state index contributed by atoms with van der Waals surface area (Å²) in [5.74, 6) is 2.86. The van der Waals surface area contributed by atoms with Crippen molar-refractivity contribution in [2.24, 2.45) is 0 Å². The van der Waals surface area contributed by atoms with Gasteiger partial charge in [0.15, 0.2) is 0 Å². The number of nitrogens with one attached hydrogen (secondary N) is 1. The first-order valence-corrected chi connectivity index (χ1v) is 12.2. The van der Waals surface area contributed by atoms with Crippen molar-refractivity contribution in [3.8, 4) is 11.5 Å². The lowest BCUT2D eigenvalue weighted by Crippen LogP contribution is -2.49. The number of nitrogen functional groups attached to an aromatic ring is 1. The molecule has 0 aliphatic carbocycles. The molecule has 24 heavy (non-hydrogen) atoms. The molecule has 0 spiro atoms. The van der Waals surface area contributed by atoms with Crippen LogP contribution in [0.4, 0.5) is 10.5 Å². The minimum atomic E-state index is -1.49. The van der Waals surface area contributed by atoms with Crippen molar-refractivity contribution < 1.29 is 14.7 Å². The molecule has 130 valence electrons. The number of piperidine rings is 1. The maximum Gasteiger partial charge on any atom is 0.407 e. The topological polar surface area (TPSA) is 95.7 Å². The molecular weight excluding hydrogens is 342 g/mol. The van der Waals surface area contributed by atoms with E-state index in [1.54, 1.807) is 6.07 Å². The van der Waals surface area contributed by atoms with E-state index in [-0.39, 0.29) is 11.9 Å². The number of nitrogens with zero attached hydrogens (tertiary/aromatic N) is 1. The lowest BCUT2D eigenvalue weighted by molar-refractivity contribution is 0.0893. The lowest BCUT2D eigenvalue weighted by Gasteiger charge is -2.31. The van der Waals surface area contributed by atoms with Crippen LogP contribution in [0.2, 0.25) is 19.6 Å². The van der Waals surface area contributed by atoms with Gasteiger partial charge in [0.05, 0.1) is 10.6 Å². The number of carbonyl (C=O) groups is 2. The lowest BCUT2D eigenvalue weighted by atomic mass is 10.1. The molecule has 1 fully saturated rings. The van der Waals surface area contributed by atoms with Gasteiger partial charge < -0.3 is 21.1 Å². The van der Waals surface area contributed by atoms with Gasteiger partial charge in [0.1, 0.15) is 13.0 Å². The number of anilines is 1. The molecule has 1 aromatic heterocycles. The summed E-state index contributed by atoms with van der Waals surface area (Å²) in [5.41, 5.74) is 9.63. The number of thiophene rings is 1. The number of rotatable bonds is 2. The Morgan fingerprint density at radius 2 is 2.17 bits per heavy atom. The van der Waals surface area contributed by atoms with Gasteiger partial charge in [-0.15, -0.1) is 16.9 Å². The van der Waals surface area contributed by atoms with Crippen LogP contribution in [0.3, 0.4) is 0 Å². The van der Waals surface area contributed by atoms with E-state index in [0.717, 1.165) is 17.7 Å². The number of nitrogens with two attached hydrogens (primary N) is 1. The van der Waals surface area contributed by atoms with E-state index < -0.39 is 14.2 Å². The van der Waals surface area contributed by atoms with Crippen molar-refractivity contribution in [3.63, 3.8) is 0 Å². The Morgan fingerprint density at radius 3 is 2.79 bits per heavy atom. The van der Waals surface area contributed by atoms with Gasteiger partial charge in [-0.25, -0.2) is 4.79 Å². The van der Waals surface area contributed by atoms with Crippen molar-refractivity contribution in [1.82, 2.24) is 10.2 Å². The molecule has 0 saturated carbocycles. The summed E-state index contributed by atoms with van der Waals surface area (Å²) in [6.45, 7) is 7.29. The van der Waals surface area contributed by atoms with E-state index in [9.17, 15) is 9.59 Å². The molecule has 0 bridgehead atoms. The van der Waals surface area contributed by atoms with Crippen LogP contribution >= 0.6 is 11.3 Å². The Balaban J connectivity index is 2.06. The van der Waals surface area contributed by atoms with Gasteiger partial charge in [-0.2, -0.15) is 0 Å². The number of carboxylic acid groups (broad SMARTS) is 1. The molecule has 4 N–H and O–H groups in total. The maximum absolute atomic E-state index is 12.4. The maximum atomic E-state index is 12.4. The summed E-state index contributed by atoms with van der Waals surface area (Å²) < 4.78 is 0. The van der Waals surface area contributed by atoms with Crippen molar-refractivity contribution in [2.75, 3.05) is 18.8 Å². The van der Waals surface area contributed by atoms with Crippen LogP contribution in [0.15, 0.2) is 6.07 Å². The van der Waals surface area contributed by atoms with Crippen molar-refractivity contribution >= 4 is 37.1 Å². The molecule has 2 rings (SSSR count). The Kier molecular flexibility index (Phi) is 5.57. The zero-order chi connectivity index (χ0) is 17.9. The zero-order valence-electron chi connectivity index (χ0n) is 14.2. The molecule has 1 saturated heterocycles. The molecule has 2 amide bonds. The van der Waals surface area contributed by atoms with Crippen LogP contribution in [0.1, 0.15) is 27.4 Å². The predicted molar refractivity (Wildman–Crippen MR) is 99.0 cm³/mol. The molecule has 1 aliphatic rings. The second kappa shape index (κ2) is 7.28. The number of hydrogen-bond acceptors (Lipinski definition) is 4. The predicted octanol–water partition coefficient (Wildman–Crippen LogP) is 2.43. The van der Waals surface area contributed by atoms with Gasteiger partial charge in [0, 0.05) is 19.1 Å². The quantitative estimate of drug-likeness (QED) is 0.554. The molecule has 0 unspecified atom stereocenters. The van der Waals surface area contributed by atoms with E-state index in [1.807, 2.05) is 0 Å². The van der Waals surface area contributed by atoms with Crippen LogP contribution in [0.5, 0.6) is 0 Å². The first-order chi connectivity index (χ1) is 11.2. The summed E-state index contributed by atoms with van der Waals surface area (Å²) in [6, 6.07) is 1.55. The third-order valence-electron chi connectivity index (χ3n) is 3.55. The fourth-order valence-corrected chi connectivity index (χ4v) is 3.85. The van der Waals surface area contributed by atoms with Crippen LogP contribution in [0.25, 0.3) is 0 Å². The molecule has 2 heterocycles. The van der Waals surface area contributed by atoms with Crippen LogP contribution in [0, 0.1) is 11.5 Å². The summed E-state index contributed by atoms with van der Waals surface area (Å²) in [4.78, 5) is 26.1. The summed E-state index contributed by atoms with van der Waals surface area (Å²) in [7, 11) is -1.49. The molecule has 1 aromatic rings. The molecule has 0 radical (unpaired) electrons. The average molecular weight is 366 g/mol. The van der Waals surface area contributed by atoms with E-state index in [2.05, 4.69) is 36.4 Å². The minimum Gasteiger partial charge on any atom is -0.465 e. The van der Waals surface area contributed by atoms with Crippen molar-refractivity contribution in [1.29, 1.82) is 0 Å². The summed E-state index contributed by atoms with van der Waals surface area (Å²) in [5, 5.41) is 12.0. The number of hydrogen-bond donors (Lipinski definition) is 3. The highest BCUT2D eigenvalue weighted by atomic mass is 32.1. The second-order valence-electron chi connectivity index (χ2n) is 6.94. The Bertz CT molecular complexity index is 700. The highest BCUT2D eigenvalue weighted by molar-refractivity contribution is 7.15. The van der Waals surface area contributed by atoms with Crippen LogP contribution in [-0.2, 0) is 0 Å². The normalized spacial score (nSPS) is 17.8. The Labute approximate surface area is 147 Å².